The Morgan fingerprint density at radius 1 is 1.52 bits per heavy atom. The van der Waals surface area contributed by atoms with Gasteiger partial charge in [0.2, 0.25) is 14.5 Å². The molecule has 0 aliphatic carbocycles. The van der Waals surface area contributed by atoms with Crippen molar-refractivity contribution in [2.24, 2.45) is 16.5 Å². The first kappa shape index (κ1) is 22.2. The number of para-hydroxylation sites is 1. The summed E-state index contributed by atoms with van der Waals surface area (Å²) in [6, 6.07) is 7.72. The number of nitrogens with zero attached hydrogens (tertiary/aromatic N) is 3. The number of amides is 1. The molecule has 4 atom stereocenters. The Morgan fingerprint density at radius 3 is 3.00 bits per heavy atom. The van der Waals surface area contributed by atoms with Gasteiger partial charge >= 0.3 is 5.97 Å². The topological polar surface area (TPSA) is 92.1 Å². The molecule has 1 N–H and O–H groups in total. The largest absolute Gasteiger partial charge is 0.393 e. The molecule has 0 saturated carbocycles. The molecule has 1 fully saturated rings. The number of thiazole rings is 1. The molecule has 3 unspecified atom stereocenters. The van der Waals surface area contributed by atoms with Gasteiger partial charge in [0.25, 0.3) is 7.98 Å². The summed E-state index contributed by atoms with van der Waals surface area (Å²) in [6.45, 7) is 3.55. The summed E-state index contributed by atoms with van der Waals surface area (Å²) >= 11 is 3.24. The third kappa shape index (κ3) is 4.10. The van der Waals surface area contributed by atoms with Crippen LogP contribution in [0.25, 0.3) is 10.2 Å². The Morgan fingerprint density at radius 2 is 2.29 bits per heavy atom. The number of aromatic nitrogens is 1. The smallest absolute Gasteiger partial charge is 0.364 e. The lowest BCUT2D eigenvalue weighted by atomic mass is 9.78. The number of fused-ring (bicyclic) bond motifs is 2. The fraction of sp³-hybridized carbons (Fsp3) is 0.350. The second kappa shape index (κ2) is 9.24. The zero-order valence-electron chi connectivity index (χ0n) is 16.8. The van der Waals surface area contributed by atoms with Gasteiger partial charge in [0, 0.05) is 11.7 Å². The number of carbonyl (C=O) groups excluding carboxylic acids is 2. The lowest BCUT2D eigenvalue weighted by Gasteiger charge is -2.46. The van der Waals surface area contributed by atoms with Crippen LogP contribution in [0.15, 0.2) is 56.7 Å². The SMILES string of the molecule is [B]N=POC(=O)C1=C(C=CCSc2nc3ccccc3s2)[C@H](C)C2C(C(C)O)C(=O)N12. The van der Waals surface area contributed by atoms with E-state index in [2.05, 4.69) is 9.64 Å². The summed E-state index contributed by atoms with van der Waals surface area (Å²) in [4.78, 5) is 31.3. The molecular formula is C20H19BN3O4PS2. The van der Waals surface area contributed by atoms with E-state index >= 15 is 0 Å². The van der Waals surface area contributed by atoms with E-state index in [1.807, 2.05) is 43.3 Å². The van der Waals surface area contributed by atoms with Crippen molar-refractivity contribution >= 4 is 61.8 Å². The van der Waals surface area contributed by atoms with E-state index in [0.29, 0.717) is 11.3 Å². The minimum absolute atomic E-state index is 0.0340. The lowest BCUT2D eigenvalue weighted by Crippen LogP contribution is -2.63. The lowest BCUT2D eigenvalue weighted by molar-refractivity contribution is -0.162. The van der Waals surface area contributed by atoms with Crippen molar-refractivity contribution in [2.75, 3.05) is 5.75 Å². The van der Waals surface area contributed by atoms with Gasteiger partial charge in [-0.25, -0.2) is 9.78 Å². The molecule has 31 heavy (non-hydrogen) atoms. The molecule has 2 aliphatic heterocycles. The van der Waals surface area contributed by atoms with Crippen molar-refractivity contribution in [3.63, 3.8) is 0 Å². The van der Waals surface area contributed by atoms with E-state index in [9.17, 15) is 14.7 Å². The van der Waals surface area contributed by atoms with Crippen LogP contribution < -0.4 is 0 Å². The number of benzene rings is 1. The number of rotatable bonds is 7. The molecule has 2 aromatic rings. The second-order valence-electron chi connectivity index (χ2n) is 7.29. The van der Waals surface area contributed by atoms with Crippen LogP contribution in [0.3, 0.4) is 0 Å². The highest BCUT2D eigenvalue weighted by Gasteiger charge is 2.59. The molecule has 3 heterocycles. The van der Waals surface area contributed by atoms with Gasteiger partial charge in [-0.1, -0.05) is 43.0 Å². The quantitative estimate of drug-likeness (QED) is 0.287. The maximum Gasteiger partial charge on any atom is 0.364 e. The van der Waals surface area contributed by atoms with Crippen LogP contribution in [0.5, 0.6) is 0 Å². The highest BCUT2D eigenvalue weighted by Crippen LogP contribution is 2.48. The first-order valence-corrected chi connectivity index (χ1v) is 12.2. The molecule has 2 aliphatic rings. The van der Waals surface area contributed by atoms with Crippen LogP contribution in [0.2, 0.25) is 0 Å². The van der Waals surface area contributed by atoms with E-state index in [4.69, 9.17) is 12.5 Å². The zero-order valence-corrected chi connectivity index (χ0v) is 19.4. The van der Waals surface area contributed by atoms with Crippen molar-refractivity contribution in [3.05, 3.63) is 47.7 Å². The number of β-lactam (4-membered cyclic amide) rings is 1. The predicted molar refractivity (Wildman–Crippen MR) is 123 cm³/mol. The number of thioether (sulfide) groups is 1. The average Bonchev–Trinajstić information content (AvgIpc) is 3.26. The molecule has 1 amide bonds. The second-order valence-corrected chi connectivity index (χ2v) is 10.2. The summed E-state index contributed by atoms with van der Waals surface area (Å²) in [5, 5.41) is 10.0. The predicted octanol–water partition coefficient (Wildman–Crippen LogP) is 3.73. The normalized spacial score (nSPS) is 24.3. The van der Waals surface area contributed by atoms with Gasteiger partial charge in [-0.3, -0.25) is 4.79 Å². The third-order valence-corrected chi connectivity index (χ3v) is 7.94. The van der Waals surface area contributed by atoms with Crippen LogP contribution in [0, 0.1) is 11.8 Å². The van der Waals surface area contributed by atoms with Gasteiger partial charge in [-0.2, -0.15) is 0 Å². The maximum absolute atomic E-state index is 12.6. The van der Waals surface area contributed by atoms with E-state index in [0.717, 1.165) is 14.6 Å². The molecule has 7 nitrogen and oxygen atoms in total. The third-order valence-electron chi connectivity index (χ3n) is 5.46. The Kier molecular flexibility index (Phi) is 6.62. The van der Waals surface area contributed by atoms with Crippen LogP contribution in [0.1, 0.15) is 13.8 Å². The van der Waals surface area contributed by atoms with Gasteiger partial charge < -0.3 is 19.2 Å². The summed E-state index contributed by atoms with van der Waals surface area (Å²) in [7, 11) is 5.03. The van der Waals surface area contributed by atoms with Crippen molar-refractivity contribution in [2.45, 2.75) is 30.3 Å². The standard InChI is InChI=1S/C20H19BN3O4PS2/c1-10-12(6-5-9-30-20-22-13-7-3-4-8-14(13)31-20)17(19(27)28-29-23-21)24-16(10)15(11(2)25)18(24)26/h3-8,10-11,15-16,25H,9H2,1-2H3/t10-,11?,15?,16?/m0/s1. The van der Waals surface area contributed by atoms with E-state index in [1.54, 1.807) is 30.0 Å². The van der Waals surface area contributed by atoms with Crippen molar-refractivity contribution in [1.82, 2.24) is 9.88 Å². The van der Waals surface area contributed by atoms with Gasteiger partial charge in [-0.05, 0) is 24.6 Å². The van der Waals surface area contributed by atoms with Crippen LogP contribution in [-0.2, 0) is 14.1 Å². The minimum Gasteiger partial charge on any atom is -0.393 e. The highest BCUT2D eigenvalue weighted by molar-refractivity contribution is 8.01. The molecule has 1 aromatic carbocycles. The van der Waals surface area contributed by atoms with E-state index < -0.39 is 18.0 Å². The molecular weight excluding hydrogens is 452 g/mol. The fourth-order valence-electron chi connectivity index (χ4n) is 4.11. The Labute approximate surface area is 191 Å². The molecule has 0 bridgehead atoms. The maximum atomic E-state index is 12.6. The number of aliphatic hydroxyl groups is 1. The number of hydrogen-bond donors (Lipinski definition) is 1. The van der Waals surface area contributed by atoms with Gasteiger partial charge in [0.1, 0.15) is 5.70 Å². The molecule has 11 heteroatoms. The number of allylic oxidation sites excluding steroid dienone is 1. The van der Waals surface area contributed by atoms with Crippen molar-refractivity contribution in [1.29, 1.82) is 0 Å². The van der Waals surface area contributed by atoms with Crippen LogP contribution in [-0.4, -0.2) is 52.7 Å². The number of aliphatic hydroxyl groups excluding tert-OH is 1. The Bertz CT molecular complexity index is 1080. The van der Waals surface area contributed by atoms with Crippen molar-refractivity contribution in [3.8, 4) is 0 Å². The molecule has 0 spiro atoms. The van der Waals surface area contributed by atoms with Gasteiger partial charge in [-0.15, -0.1) is 11.3 Å². The van der Waals surface area contributed by atoms with Gasteiger partial charge in [0.15, 0.2) is 4.34 Å². The van der Waals surface area contributed by atoms with Crippen molar-refractivity contribution < 1.29 is 19.2 Å². The number of carbonyl (C=O) groups is 2. The molecule has 4 rings (SSSR count). The summed E-state index contributed by atoms with van der Waals surface area (Å²) in [5.41, 5.74) is 1.90. The van der Waals surface area contributed by atoms with E-state index in [1.165, 1.54) is 4.90 Å². The molecule has 2 radical (unpaired) electrons. The monoisotopic (exact) mass is 471 g/mol. The number of hydrogen-bond acceptors (Lipinski definition) is 8. The summed E-state index contributed by atoms with van der Waals surface area (Å²) < 4.78 is 10.4. The summed E-state index contributed by atoms with van der Waals surface area (Å²) in [5.74, 6) is -0.909. The Balaban J connectivity index is 1.53. The Hall–Kier alpha value is -2.00. The van der Waals surface area contributed by atoms with E-state index in [-0.39, 0.29) is 32.2 Å². The van der Waals surface area contributed by atoms with Crippen LogP contribution in [0.4, 0.5) is 0 Å². The first-order chi connectivity index (χ1) is 14.9. The average molecular weight is 471 g/mol. The fourth-order valence-corrected chi connectivity index (χ4v) is 6.23. The van der Waals surface area contributed by atoms with Crippen LogP contribution >= 0.6 is 31.7 Å². The molecule has 1 saturated heterocycles. The zero-order chi connectivity index (χ0) is 22.1. The molecule has 1 aromatic heterocycles. The first-order valence-electron chi connectivity index (χ1n) is 9.65. The highest BCUT2D eigenvalue weighted by atomic mass is 32.2. The summed E-state index contributed by atoms with van der Waals surface area (Å²) in [6.07, 6.45) is 3.03. The minimum atomic E-state index is -0.788. The van der Waals surface area contributed by atoms with Gasteiger partial charge in [0.05, 0.1) is 28.3 Å². The molecule has 158 valence electrons.